The average molecular weight is 918 g/mol. The smallest absolute Gasteiger partial charge is 0.307 e. The van der Waals surface area contributed by atoms with Gasteiger partial charge in [0.05, 0.1) is 12.8 Å². The predicted octanol–water partition coefficient (Wildman–Crippen LogP) is 12.3. The third-order valence-corrected chi connectivity index (χ3v) is 9.67. The fourth-order valence-corrected chi connectivity index (χ4v) is 5.91. The van der Waals surface area contributed by atoms with Gasteiger partial charge in [0.2, 0.25) is 0 Å². The van der Waals surface area contributed by atoms with Gasteiger partial charge in [-0.2, -0.15) is 0 Å². The first-order valence-corrected chi connectivity index (χ1v) is 25.6. The van der Waals surface area contributed by atoms with Gasteiger partial charge in [-0.15, -0.1) is 0 Å². The molecule has 0 saturated carbocycles. The standard InChI is InChI=1S/C33H57NO12.C9H20.C7H16.C2H6/c1-4-6-8-10-12-14-16-30(37)43-24-28(22-41-26-35)45-32(39)18-20-34-21-19-33(40)46-29(23-42-27(3)36)25-44-31(38)17-15-13-11-9-7-5-2;1-3-5-7-9-8-6-4-2;1-3-5-7-6-4-2;1-2/h26,28-29,34H,4-25H2,1-3H3;3-9H2,1-2H3;3-7H2,1-2H3;1-2H3. The Bertz CT molecular complexity index is 1030. The molecule has 1 N–H and O–H groups in total. The first-order valence-electron chi connectivity index (χ1n) is 25.6. The van der Waals surface area contributed by atoms with Crippen molar-refractivity contribution in [3.63, 3.8) is 0 Å². The Balaban J connectivity index is -0.000000830. The molecule has 0 aromatic carbocycles. The highest BCUT2D eigenvalue weighted by Gasteiger charge is 2.20. The van der Waals surface area contributed by atoms with Crippen LogP contribution in [0, 0.1) is 0 Å². The van der Waals surface area contributed by atoms with Gasteiger partial charge in [0.15, 0.2) is 12.2 Å². The number of ether oxygens (including phenoxy) is 6. The van der Waals surface area contributed by atoms with E-state index in [4.69, 9.17) is 23.7 Å². The lowest BCUT2D eigenvalue weighted by atomic mass is 10.1. The van der Waals surface area contributed by atoms with Crippen molar-refractivity contribution in [3.8, 4) is 0 Å². The van der Waals surface area contributed by atoms with E-state index in [0.717, 1.165) is 64.2 Å². The highest BCUT2D eigenvalue weighted by molar-refractivity contribution is 5.71. The lowest BCUT2D eigenvalue weighted by molar-refractivity contribution is -0.166. The predicted molar refractivity (Wildman–Crippen MR) is 258 cm³/mol. The number of hydrogen-bond acceptors (Lipinski definition) is 13. The molecule has 0 aliphatic rings. The van der Waals surface area contributed by atoms with Gasteiger partial charge in [0, 0.05) is 32.9 Å². The van der Waals surface area contributed by atoms with E-state index in [0.29, 0.717) is 0 Å². The molecule has 13 nitrogen and oxygen atoms in total. The summed E-state index contributed by atoms with van der Waals surface area (Å²) >= 11 is 0. The van der Waals surface area contributed by atoms with Gasteiger partial charge < -0.3 is 33.7 Å². The van der Waals surface area contributed by atoms with E-state index in [9.17, 15) is 28.8 Å². The zero-order valence-electron chi connectivity index (χ0n) is 42.7. The average Bonchev–Trinajstić information content (AvgIpc) is 3.29. The molecule has 2 atom stereocenters. The van der Waals surface area contributed by atoms with E-state index < -0.39 is 42.1 Å². The van der Waals surface area contributed by atoms with Gasteiger partial charge in [-0.1, -0.05) is 197 Å². The molecule has 0 amide bonds. The summed E-state index contributed by atoms with van der Waals surface area (Å²) in [6, 6.07) is 0. The minimum absolute atomic E-state index is 0.0536. The van der Waals surface area contributed by atoms with Crippen molar-refractivity contribution in [2.24, 2.45) is 0 Å². The molecule has 0 aromatic rings. The van der Waals surface area contributed by atoms with Crippen molar-refractivity contribution in [3.05, 3.63) is 0 Å². The first-order chi connectivity index (χ1) is 31.0. The molecule has 2 unspecified atom stereocenters. The lowest BCUT2D eigenvalue weighted by Crippen LogP contribution is -2.32. The van der Waals surface area contributed by atoms with Gasteiger partial charge in [0.1, 0.15) is 26.4 Å². The Hall–Kier alpha value is -3.22. The van der Waals surface area contributed by atoms with Crippen LogP contribution in [-0.4, -0.2) is 88.0 Å². The number of rotatable bonds is 41. The normalized spacial score (nSPS) is 11.1. The number of carbonyl (C=O) groups is 6. The SMILES string of the molecule is CC.CCCCCCC.CCCCCCCCC.CCCCCCCCC(=O)OCC(COC=O)OC(=O)CCNCCC(=O)OC(COC(C)=O)COC(=O)CCCCCCCC. The van der Waals surface area contributed by atoms with Gasteiger partial charge in [-0.05, 0) is 12.8 Å². The van der Waals surface area contributed by atoms with Crippen LogP contribution in [0.1, 0.15) is 242 Å². The summed E-state index contributed by atoms with van der Waals surface area (Å²) in [5, 5.41) is 2.92. The molecule has 0 aliphatic carbocycles. The molecular weight excluding hydrogens is 819 g/mol. The molecular formula is C51H99NO12. The lowest BCUT2D eigenvalue weighted by Gasteiger charge is -2.18. The van der Waals surface area contributed by atoms with E-state index >= 15 is 0 Å². The van der Waals surface area contributed by atoms with Crippen molar-refractivity contribution >= 4 is 36.3 Å². The topological polar surface area (TPSA) is 170 Å². The maximum Gasteiger partial charge on any atom is 0.307 e. The number of hydrogen-bond donors (Lipinski definition) is 1. The van der Waals surface area contributed by atoms with Crippen LogP contribution in [0.3, 0.4) is 0 Å². The van der Waals surface area contributed by atoms with E-state index in [1.54, 1.807) is 0 Å². The second-order valence-electron chi connectivity index (χ2n) is 15.9. The van der Waals surface area contributed by atoms with Gasteiger partial charge in [-0.25, -0.2) is 0 Å². The molecule has 64 heavy (non-hydrogen) atoms. The quantitative estimate of drug-likeness (QED) is 0.0266. The maximum absolute atomic E-state index is 12.3. The summed E-state index contributed by atoms with van der Waals surface area (Å²) < 4.78 is 30.6. The van der Waals surface area contributed by atoms with Crippen LogP contribution in [0.4, 0.5) is 0 Å². The Labute approximate surface area is 391 Å². The van der Waals surface area contributed by atoms with Crippen molar-refractivity contribution in [1.29, 1.82) is 0 Å². The van der Waals surface area contributed by atoms with Crippen LogP contribution < -0.4 is 5.32 Å². The second-order valence-corrected chi connectivity index (χ2v) is 15.9. The molecule has 0 bridgehead atoms. The fraction of sp³-hybridized carbons (Fsp3) is 0.882. The monoisotopic (exact) mass is 918 g/mol. The van der Waals surface area contributed by atoms with Crippen LogP contribution in [-0.2, 0) is 57.2 Å². The first kappa shape index (κ1) is 67.4. The third-order valence-electron chi connectivity index (χ3n) is 9.67. The summed E-state index contributed by atoms with van der Waals surface area (Å²) in [6.45, 7) is 18.2. The van der Waals surface area contributed by atoms with Crippen LogP contribution in [0.25, 0.3) is 0 Å². The van der Waals surface area contributed by atoms with Gasteiger partial charge >= 0.3 is 29.8 Å². The summed E-state index contributed by atoms with van der Waals surface area (Å²) in [5.41, 5.74) is 0. The molecule has 0 aromatic heterocycles. The van der Waals surface area contributed by atoms with Crippen molar-refractivity contribution in [1.82, 2.24) is 5.32 Å². The molecule has 0 spiro atoms. The minimum atomic E-state index is -0.940. The Kier molecular flexibility index (Phi) is 60.8. The molecule has 0 rings (SSSR count). The molecule has 0 heterocycles. The zero-order chi connectivity index (χ0) is 48.7. The minimum Gasteiger partial charge on any atom is -0.464 e. The van der Waals surface area contributed by atoms with E-state index in [2.05, 4.69) is 51.6 Å². The van der Waals surface area contributed by atoms with Gasteiger partial charge in [0.25, 0.3) is 6.47 Å². The van der Waals surface area contributed by atoms with Crippen molar-refractivity contribution in [2.75, 3.05) is 39.5 Å². The summed E-state index contributed by atoms with van der Waals surface area (Å²) in [7, 11) is 0. The van der Waals surface area contributed by atoms with Crippen LogP contribution in [0.2, 0.25) is 0 Å². The number of nitrogens with one attached hydrogen (secondary N) is 1. The van der Waals surface area contributed by atoms with E-state index in [-0.39, 0.29) is 71.7 Å². The van der Waals surface area contributed by atoms with E-state index in [1.165, 1.54) is 96.8 Å². The number of carbonyl (C=O) groups excluding carboxylic acids is 6. The summed E-state index contributed by atoms with van der Waals surface area (Å²) in [4.78, 5) is 70.4. The largest absolute Gasteiger partial charge is 0.464 e. The van der Waals surface area contributed by atoms with Crippen LogP contribution in [0.5, 0.6) is 0 Å². The Morgan fingerprint density at radius 3 is 1.03 bits per heavy atom. The van der Waals surface area contributed by atoms with Crippen molar-refractivity contribution < 1.29 is 57.2 Å². The molecule has 380 valence electrons. The van der Waals surface area contributed by atoms with E-state index in [1.807, 2.05) is 13.8 Å². The molecule has 0 fully saturated rings. The third kappa shape index (κ3) is 58.8. The number of esters is 5. The fourth-order valence-electron chi connectivity index (χ4n) is 5.91. The Morgan fingerprint density at radius 2 is 0.703 bits per heavy atom. The highest BCUT2D eigenvalue weighted by Crippen LogP contribution is 2.10. The second kappa shape index (κ2) is 57.8. The van der Waals surface area contributed by atoms with Crippen LogP contribution in [0.15, 0.2) is 0 Å². The van der Waals surface area contributed by atoms with Crippen LogP contribution >= 0.6 is 0 Å². The maximum atomic E-state index is 12.3. The molecule has 0 saturated heterocycles. The summed E-state index contributed by atoms with van der Waals surface area (Å²) in [6.07, 6.45) is 27.9. The molecule has 13 heteroatoms. The molecule has 0 aliphatic heterocycles. The molecule has 0 radical (unpaired) electrons. The van der Waals surface area contributed by atoms with Crippen molar-refractivity contribution in [2.45, 2.75) is 254 Å². The number of unbranched alkanes of at least 4 members (excludes halogenated alkanes) is 20. The van der Waals surface area contributed by atoms with Gasteiger partial charge in [-0.3, -0.25) is 28.8 Å². The zero-order valence-corrected chi connectivity index (χ0v) is 42.7. The summed E-state index contributed by atoms with van der Waals surface area (Å²) in [5.74, 6) is -2.57. The Morgan fingerprint density at radius 1 is 0.406 bits per heavy atom. The highest BCUT2D eigenvalue weighted by atomic mass is 16.6.